The number of benzene rings is 1. The minimum absolute atomic E-state index is 0.0683. The van der Waals surface area contributed by atoms with Crippen LogP contribution in [0.1, 0.15) is 37.3 Å². The molecule has 1 aromatic carbocycles. The number of rotatable bonds is 5. The maximum atomic E-state index is 13.2. The lowest BCUT2D eigenvalue weighted by Crippen LogP contribution is -1.94. The van der Waals surface area contributed by atoms with E-state index in [9.17, 15) is 8.78 Å². The summed E-state index contributed by atoms with van der Waals surface area (Å²) >= 11 is 0. The van der Waals surface area contributed by atoms with Crippen LogP contribution < -0.4 is 0 Å². The van der Waals surface area contributed by atoms with Gasteiger partial charge in [0, 0.05) is 12.0 Å². The van der Waals surface area contributed by atoms with Crippen molar-refractivity contribution in [3.8, 4) is 11.8 Å². The zero-order chi connectivity index (χ0) is 14.1. The normalized spacial score (nSPS) is 10.5. The fourth-order valence-electron chi connectivity index (χ4n) is 1.58. The van der Waals surface area contributed by atoms with Crippen LogP contribution in [0, 0.1) is 23.5 Å². The Kier molecular flexibility index (Phi) is 6.84. The van der Waals surface area contributed by atoms with Gasteiger partial charge in [-0.1, -0.05) is 37.3 Å². The number of unbranched alkanes of at least 4 members (excludes halogenated alkanes) is 2. The second-order valence-corrected chi connectivity index (χ2v) is 4.19. The lowest BCUT2D eigenvalue weighted by molar-refractivity contribution is 0.342. The highest BCUT2D eigenvalue weighted by molar-refractivity contribution is 5.43. The second kappa shape index (κ2) is 8.44. The van der Waals surface area contributed by atoms with Crippen molar-refractivity contribution in [3.63, 3.8) is 0 Å². The Balaban J connectivity index is 2.94. The van der Waals surface area contributed by atoms with Crippen LogP contribution in [0.25, 0.3) is 0 Å². The minimum Gasteiger partial charge on any atom is -0.392 e. The van der Waals surface area contributed by atoms with Crippen molar-refractivity contribution in [1.82, 2.24) is 0 Å². The molecule has 1 N–H and O–H groups in total. The van der Waals surface area contributed by atoms with Crippen LogP contribution in [-0.2, 0) is 6.42 Å². The predicted molar refractivity (Wildman–Crippen MR) is 72.7 cm³/mol. The summed E-state index contributed by atoms with van der Waals surface area (Å²) in [5.74, 6) is 4.11. The number of halogens is 2. The summed E-state index contributed by atoms with van der Waals surface area (Å²) in [5, 5.41) is 8.66. The van der Waals surface area contributed by atoms with Crippen molar-refractivity contribution in [2.45, 2.75) is 32.6 Å². The molecule has 0 aromatic heterocycles. The average Bonchev–Trinajstić information content (AvgIpc) is 2.40. The molecule has 0 radical (unpaired) electrons. The minimum atomic E-state index is -0.880. The molecule has 0 unspecified atom stereocenters. The monoisotopic (exact) mass is 264 g/mol. The fraction of sp³-hybridized carbons (Fsp3) is 0.375. The molecule has 0 atom stereocenters. The zero-order valence-electron chi connectivity index (χ0n) is 11.0. The van der Waals surface area contributed by atoms with E-state index in [1.54, 1.807) is 12.2 Å². The number of aliphatic hydroxyl groups excluding tert-OH is 1. The van der Waals surface area contributed by atoms with Gasteiger partial charge < -0.3 is 5.11 Å². The Morgan fingerprint density at radius 3 is 2.63 bits per heavy atom. The van der Waals surface area contributed by atoms with E-state index < -0.39 is 11.6 Å². The molecule has 0 aliphatic carbocycles. The molecule has 0 saturated carbocycles. The summed E-state index contributed by atoms with van der Waals surface area (Å²) in [6.45, 7) is 2.01. The molecule has 19 heavy (non-hydrogen) atoms. The van der Waals surface area contributed by atoms with Gasteiger partial charge in [0.1, 0.15) is 0 Å². The van der Waals surface area contributed by atoms with Crippen molar-refractivity contribution in [2.75, 3.05) is 6.61 Å². The number of allylic oxidation sites excluding steroid dienone is 1. The Morgan fingerprint density at radius 1 is 1.21 bits per heavy atom. The summed E-state index contributed by atoms with van der Waals surface area (Å²) in [4.78, 5) is 0. The van der Waals surface area contributed by atoms with Crippen molar-refractivity contribution >= 4 is 0 Å². The van der Waals surface area contributed by atoms with E-state index in [2.05, 4.69) is 18.8 Å². The van der Waals surface area contributed by atoms with Gasteiger partial charge in [-0.15, -0.1) is 0 Å². The largest absolute Gasteiger partial charge is 0.392 e. The van der Waals surface area contributed by atoms with E-state index in [4.69, 9.17) is 5.11 Å². The summed E-state index contributed by atoms with van der Waals surface area (Å²) in [5.41, 5.74) is 1.14. The van der Waals surface area contributed by atoms with Gasteiger partial charge >= 0.3 is 0 Å². The van der Waals surface area contributed by atoms with E-state index in [1.807, 2.05) is 0 Å². The van der Waals surface area contributed by atoms with Crippen molar-refractivity contribution in [2.24, 2.45) is 0 Å². The third kappa shape index (κ3) is 5.23. The lowest BCUT2D eigenvalue weighted by atomic mass is 10.0. The van der Waals surface area contributed by atoms with E-state index in [0.29, 0.717) is 17.5 Å². The highest BCUT2D eigenvalue weighted by Gasteiger charge is 2.07. The quantitative estimate of drug-likeness (QED) is 0.489. The first-order valence-electron chi connectivity index (χ1n) is 6.41. The molecule has 0 amide bonds. The highest BCUT2D eigenvalue weighted by Crippen LogP contribution is 2.15. The molecule has 0 fully saturated rings. The molecule has 0 aliphatic heterocycles. The Labute approximate surface area is 113 Å². The summed E-state index contributed by atoms with van der Waals surface area (Å²) in [7, 11) is 0. The van der Waals surface area contributed by atoms with Gasteiger partial charge in [-0.05, 0) is 30.5 Å². The average molecular weight is 264 g/mol. The summed E-state index contributed by atoms with van der Waals surface area (Å²) in [6, 6.07) is 2.30. The molecule has 102 valence electrons. The second-order valence-electron chi connectivity index (χ2n) is 4.19. The molecule has 1 aromatic rings. The van der Waals surface area contributed by atoms with E-state index in [0.717, 1.165) is 25.3 Å². The Morgan fingerprint density at radius 2 is 1.95 bits per heavy atom. The number of hydrogen-bond donors (Lipinski definition) is 1. The first-order chi connectivity index (χ1) is 9.19. The van der Waals surface area contributed by atoms with E-state index in [1.165, 1.54) is 6.07 Å². The standard InChI is InChI=1S/C16H18F2O/c1-2-3-4-5-8-13-11-15(17)16(18)12-14(13)9-6-7-10-19/h6-7,11-12,19H,2-4,9-10H2,1H3/b7-6+. The van der Waals surface area contributed by atoms with Crippen LogP contribution in [0.3, 0.4) is 0 Å². The van der Waals surface area contributed by atoms with Gasteiger partial charge in [-0.2, -0.15) is 0 Å². The molecule has 3 heteroatoms. The van der Waals surface area contributed by atoms with Gasteiger partial charge in [0.05, 0.1) is 6.61 Å². The summed E-state index contributed by atoms with van der Waals surface area (Å²) < 4.78 is 26.4. The van der Waals surface area contributed by atoms with Crippen LogP contribution in [0.5, 0.6) is 0 Å². The number of aliphatic hydroxyl groups is 1. The molecular formula is C16H18F2O. The topological polar surface area (TPSA) is 20.2 Å². The van der Waals surface area contributed by atoms with Crippen LogP contribution >= 0.6 is 0 Å². The van der Waals surface area contributed by atoms with Gasteiger partial charge in [-0.3, -0.25) is 0 Å². The first kappa shape index (κ1) is 15.4. The highest BCUT2D eigenvalue weighted by atomic mass is 19.2. The van der Waals surface area contributed by atoms with Crippen molar-refractivity contribution < 1.29 is 13.9 Å². The SMILES string of the molecule is CCCCC#Cc1cc(F)c(F)cc1C/C=C/CO. The molecule has 1 nitrogen and oxygen atoms in total. The molecule has 0 saturated heterocycles. The third-order valence-electron chi connectivity index (χ3n) is 2.63. The smallest absolute Gasteiger partial charge is 0.160 e. The van der Waals surface area contributed by atoms with Crippen LogP contribution in [-0.4, -0.2) is 11.7 Å². The fourth-order valence-corrected chi connectivity index (χ4v) is 1.58. The Bertz CT molecular complexity index is 495. The zero-order valence-corrected chi connectivity index (χ0v) is 11.0. The molecule has 0 bridgehead atoms. The van der Waals surface area contributed by atoms with Gasteiger partial charge in [0.25, 0.3) is 0 Å². The lowest BCUT2D eigenvalue weighted by Gasteiger charge is -2.03. The maximum absolute atomic E-state index is 13.2. The number of hydrogen-bond acceptors (Lipinski definition) is 1. The van der Waals surface area contributed by atoms with Crippen molar-refractivity contribution in [1.29, 1.82) is 0 Å². The van der Waals surface area contributed by atoms with E-state index >= 15 is 0 Å². The third-order valence-corrected chi connectivity index (χ3v) is 2.63. The van der Waals surface area contributed by atoms with Gasteiger partial charge in [0.2, 0.25) is 0 Å². The predicted octanol–water partition coefficient (Wildman–Crippen LogP) is 3.60. The molecule has 0 aliphatic rings. The van der Waals surface area contributed by atoms with Crippen LogP contribution in [0.15, 0.2) is 24.3 Å². The van der Waals surface area contributed by atoms with Gasteiger partial charge in [0.15, 0.2) is 11.6 Å². The van der Waals surface area contributed by atoms with Gasteiger partial charge in [-0.25, -0.2) is 8.78 Å². The van der Waals surface area contributed by atoms with E-state index in [-0.39, 0.29) is 6.61 Å². The first-order valence-corrected chi connectivity index (χ1v) is 6.41. The molecular weight excluding hydrogens is 246 g/mol. The molecule has 0 heterocycles. The van der Waals surface area contributed by atoms with Crippen LogP contribution in [0.2, 0.25) is 0 Å². The van der Waals surface area contributed by atoms with Crippen LogP contribution in [0.4, 0.5) is 8.78 Å². The maximum Gasteiger partial charge on any atom is 0.160 e. The Hall–Kier alpha value is -1.66. The van der Waals surface area contributed by atoms with Crippen molar-refractivity contribution in [3.05, 3.63) is 47.0 Å². The summed E-state index contributed by atoms with van der Waals surface area (Å²) in [6.07, 6.45) is 6.51. The molecule has 1 rings (SSSR count). The molecule has 0 spiro atoms.